The molecule has 1 fully saturated rings. The summed E-state index contributed by atoms with van der Waals surface area (Å²) in [6, 6.07) is 7.53. The molecular weight excluding hydrogens is 202 g/mol. The van der Waals surface area contributed by atoms with E-state index in [1.807, 2.05) is 24.3 Å². The molecule has 1 aromatic rings. The molecule has 0 radical (unpaired) electrons. The molecule has 0 spiro atoms. The van der Waals surface area contributed by atoms with Gasteiger partial charge in [0.05, 0.1) is 5.56 Å². The van der Waals surface area contributed by atoms with E-state index in [1.54, 1.807) is 0 Å². The maximum Gasteiger partial charge on any atom is 0.338 e. The number of rotatable bonds is 4. The maximum atomic E-state index is 11.9. The predicted molar refractivity (Wildman–Crippen MR) is 62.3 cm³/mol. The van der Waals surface area contributed by atoms with Crippen molar-refractivity contribution >= 4 is 5.97 Å². The second-order valence-corrected chi connectivity index (χ2v) is 4.15. The van der Waals surface area contributed by atoms with Gasteiger partial charge in [0.25, 0.3) is 0 Å². The molecule has 0 aliphatic heterocycles. The molecule has 3 heteroatoms. The number of esters is 1. The molecule has 0 bridgehead atoms. The number of nitrogens with two attached hydrogens (primary N) is 1. The third-order valence-electron chi connectivity index (χ3n) is 2.98. The van der Waals surface area contributed by atoms with E-state index in [1.165, 1.54) is 6.42 Å². The van der Waals surface area contributed by atoms with Crippen molar-refractivity contribution in [1.82, 2.24) is 0 Å². The summed E-state index contributed by atoms with van der Waals surface area (Å²) in [4.78, 5) is 11.9. The third-order valence-corrected chi connectivity index (χ3v) is 2.98. The number of hydrogen-bond donors (Lipinski definition) is 1. The van der Waals surface area contributed by atoms with E-state index >= 15 is 0 Å². The van der Waals surface area contributed by atoms with Gasteiger partial charge in [-0.2, -0.15) is 0 Å². The molecule has 86 valence electrons. The minimum absolute atomic E-state index is 0.137. The Balaban J connectivity index is 2.08. The topological polar surface area (TPSA) is 52.3 Å². The summed E-state index contributed by atoms with van der Waals surface area (Å²) >= 11 is 0. The van der Waals surface area contributed by atoms with Gasteiger partial charge in [-0.3, -0.25) is 0 Å². The summed E-state index contributed by atoms with van der Waals surface area (Å²) in [6.45, 7) is 0.549. The highest BCUT2D eigenvalue weighted by molar-refractivity contribution is 5.91. The quantitative estimate of drug-likeness (QED) is 0.787. The van der Waals surface area contributed by atoms with Gasteiger partial charge in [0.2, 0.25) is 0 Å². The fourth-order valence-electron chi connectivity index (χ4n) is 1.80. The first-order valence-corrected chi connectivity index (χ1v) is 5.80. The lowest BCUT2D eigenvalue weighted by molar-refractivity contribution is 0.00890. The van der Waals surface area contributed by atoms with Crippen molar-refractivity contribution in [2.75, 3.05) is 6.54 Å². The molecule has 2 N–H and O–H groups in total. The molecular formula is C13H17NO2. The van der Waals surface area contributed by atoms with Crippen LogP contribution in [0.2, 0.25) is 0 Å². The van der Waals surface area contributed by atoms with Crippen LogP contribution in [0.25, 0.3) is 0 Å². The summed E-state index contributed by atoms with van der Waals surface area (Å²) in [6.07, 6.45) is 4.03. The Kier molecular flexibility index (Phi) is 3.57. The van der Waals surface area contributed by atoms with Crippen molar-refractivity contribution in [3.05, 3.63) is 35.4 Å². The van der Waals surface area contributed by atoms with E-state index in [0.717, 1.165) is 24.8 Å². The zero-order valence-corrected chi connectivity index (χ0v) is 9.32. The molecule has 0 aromatic heterocycles. The lowest BCUT2D eigenvalue weighted by Crippen LogP contribution is -2.25. The molecule has 0 atom stereocenters. The minimum Gasteiger partial charge on any atom is -0.459 e. The summed E-state index contributed by atoms with van der Waals surface area (Å²) < 4.78 is 5.38. The first-order valence-electron chi connectivity index (χ1n) is 5.80. The van der Waals surface area contributed by atoms with Crippen LogP contribution in [0.1, 0.15) is 35.2 Å². The Labute approximate surface area is 95.6 Å². The van der Waals surface area contributed by atoms with Gasteiger partial charge in [0.15, 0.2) is 0 Å². The van der Waals surface area contributed by atoms with Crippen LogP contribution in [0.15, 0.2) is 24.3 Å². The number of carbonyl (C=O) groups excluding carboxylic acids is 1. The van der Waals surface area contributed by atoms with E-state index < -0.39 is 0 Å². The smallest absolute Gasteiger partial charge is 0.338 e. The SMILES string of the molecule is NCCc1ccccc1C(=O)OC1CCC1. The normalized spacial score (nSPS) is 15.6. The number of benzene rings is 1. The summed E-state index contributed by atoms with van der Waals surface area (Å²) in [5.41, 5.74) is 7.16. The third kappa shape index (κ3) is 2.42. The second-order valence-electron chi connectivity index (χ2n) is 4.15. The first kappa shape index (κ1) is 11.1. The van der Waals surface area contributed by atoms with Crippen LogP contribution in [-0.4, -0.2) is 18.6 Å². The highest BCUT2D eigenvalue weighted by Gasteiger charge is 2.23. The Bertz CT molecular complexity index is 372. The van der Waals surface area contributed by atoms with Gasteiger partial charge in [0, 0.05) is 0 Å². The number of ether oxygens (including phenoxy) is 1. The van der Waals surface area contributed by atoms with Crippen LogP contribution < -0.4 is 5.73 Å². The van der Waals surface area contributed by atoms with E-state index in [0.29, 0.717) is 12.1 Å². The Morgan fingerprint density at radius 1 is 1.38 bits per heavy atom. The monoisotopic (exact) mass is 219 g/mol. The van der Waals surface area contributed by atoms with Crippen LogP contribution in [-0.2, 0) is 11.2 Å². The van der Waals surface area contributed by atoms with Crippen molar-refractivity contribution in [1.29, 1.82) is 0 Å². The molecule has 1 aliphatic carbocycles. The molecule has 1 aliphatic rings. The van der Waals surface area contributed by atoms with E-state index in [2.05, 4.69) is 0 Å². The largest absolute Gasteiger partial charge is 0.459 e. The lowest BCUT2D eigenvalue weighted by Gasteiger charge is -2.25. The first-order chi connectivity index (χ1) is 7.81. The maximum absolute atomic E-state index is 11.9. The standard InChI is InChI=1S/C13H17NO2/c14-9-8-10-4-1-2-7-12(10)13(15)16-11-5-3-6-11/h1-2,4,7,11H,3,5-6,8-9,14H2. The summed E-state index contributed by atoms with van der Waals surface area (Å²) in [5.74, 6) is -0.200. The van der Waals surface area contributed by atoms with Crippen LogP contribution in [0, 0.1) is 0 Å². The summed E-state index contributed by atoms with van der Waals surface area (Å²) in [5, 5.41) is 0. The van der Waals surface area contributed by atoms with Crippen LogP contribution >= 0.6 is 0 Å². The molecule has 0 heterocycles. The van der Waals surface area contributed by atoms with Crippen molar-refractivity contribution in [3.8, 4) is 0 Å². The molecule has 1 aromatic carbocycles. The van der Waals surface area contributed by atoms with Gasteiger partial charge < -0.3 is 10.5 Å². The van der Waals surface area contributed by atoms with Crippen molar-refractivity contribution < 1.29 is 9.53 Å². The molecule has 0 saturated heterocycles. The zero-order chi connectivity index (χ0) is 11.4. The number of hydrogen-bond acceptors (Lipinski definition) is 3. The van der Waals surface area contributed by atoms with Crippen molar-refractivity contribution in [2.45, 2.75) is 31.8 Å². The fraction of sp³-hybridized carbons (Fsp3) is 0.462. The number of carbonyl (C=O) groups is 1. The molecule has 0 unspecified atom stereocenters. The summed E-state index contributed by atoms with van der Waals surface area (Å²) in [7, 11) is 0. The Hall–Kier alpha value is -1.35. The predicted octanol–water partition coefficient (Wildman–Crippen LogP) is 1.90. The van der Waals surface area contributed by atoms with Gasteiger partial charge in [-0.05, 0) is 43.9 Å². The lowest BCUT2D eigenvalue weighted by atomic mass is 9.96. The van der Waals surface area contributed by atoms with Gasteiger partial charge in [0.1, 0.15) is 6.10 Å². The molecule has 1 saturated carbocycles. The van der Waals surface area contributed by atoms with Gasteiger partial charge in [-0.15, -0.1) is 0 Å². The minimum atomic E-state index is -0.200. The average Bonchev–Trinajstić information content (AvgIpc) is 2.24. The van der Waals surface area contributed by atoms with Crippen LogP contribution in [0.3, 0.4) is 0 Å². The van der Waals surface area contributed by atoms with E-state index in [4.69, 9.17) is 10.5 Å². The van der Waals surface area contributed by atoms with E-state index in [9.17, 15) is 4.79 Å². The second kappa shape index (κ2) is 5.12. The average molecular weight is 219 g/mol. The van der Waals surface area contributed by atoms with Crippen LogP contribution in [0.5, 0.6) is 0 Å². The fourth-order valence-corrected chi connectivity index (χ4v) is 1.80. The van der Waals surface area contributed by atoms with Crippen molar-refractivity contribution in [3.63, 3.8) is 0 Å². The Morgan fingerprint density at radius 2 is 2.12 bits per heavy atom. The van der Waals surface area contributed by atoms with Gasteiger partial charge in [-0.1, -0.05) is 18.2 Å². The molecule has 3 nitrogen and oxygen atoms in total. The Morgan fingerprint density at radius 3 is 2.75 bits per heavy atom. The van der Waals surface area contributed by atoms with Gasteiger partial charge >= 0.3 is 5.97 Å². The van der Waals surface area contributed by atoms with Gasteiger partial charge in [-0.25, -0.2) is 4.79 Å². The highest BCUT2D eigenvalue weighted by Crippen LogP contribution is 2.23. The molecule has 16 heavy (non-hydrogen) atoms. The highest BCUT2D eigenvalue weighted by atomic mass is 16.5. The van der Waals surface area contributed by atoms with Crippen LogP contribution in [0.4, 0.5) is 0 Å². The van der Waals surface area contributed by atoms with Crippen molar-refractivity contribution in [2.24, 2.45) is 5.73 Å². The molecule has 2 rings (SSSR count). The molecule has 0 amide bonds. The zero-order valence-electron chi connectivity index (χ0n) is 9.32. The van der Waals surface area contributed by atoms with E-state index in [-0.39, 0.29) is 12.1 Å².